The molecule has 0 amide bonds. The van der Waals surface area contributed by atoms with Gasteiger partial charge < -0.3 is 20.1 Å². The molecule has 1 aliphatic rings. The lowest BCUT2D eigenvalue weighted by atomic mass is 9.88. The average molecular weight is 231 g/mol. The van der Waals surface area contributed by atoms with E-state index in [2.05, 4.69) is 10.0 Å². The van der Waals surface area contributed by atoms with Crippen LogP contribution in [0.1, 0.15) is 13.8 Å². The summed E-state index contributed by atoms with van der Waals surface area (Å²) in [6.07, 6.45) is -3.64. The Balaban J connectivity index is 2.92. The van der Waals surface area contributed by atoms with Crippen LogP contribution in [0.15, 0.2) is 5.11 Å². The molecule has 7 nitrogen and oxygen atoms in total. The first kappa shape index (κ1) is 13.2. The summed E-state index contributed by atoms with van der Waals surface area (Å²) >= 11 is 0. The van der Waals surface area contributed by atoms with E-state index in [9.17, 15) is 10.2 Å². The molecule has 0 aromatic carbocycles. The lowest BCUT2D eigenvalue weighted by molar-refractivity contribution is -0.199. The van der Waals surface area contributed by atoms with Gasteiger partial charge in [0.2, 0.25) is 0 Å². The van der Waals surface area contributed by atoms with Crippen LogP contribution in [0.25, 0.3) is 10.4 Å². The number of azide groups is 1. The van der Waals surface area contributed by atoms with Crippen molar-refractivity contribution >= 4 is 0 Å². The summed E-state index contributed by atoms with van der Waals surface area (Å²) in [4.78, 5) is 2.59. The molecule has 7 heteroatoms. The Bertz CT molecular complexity index is 280. The van der Waals surface area contributed by atoms with Gasteiger partial charge in [0.1, 0.15) is 6.10 Å². The van der Waals surface area contributed by atoms with Crippen molar-refractivity contribution in [2.24, 2.45) is 11.0 Å². The highest BCUT2D eigenvalue weighted by Gasteiger charge is 2.44. The van der Waals surface area contributed by atoms with Crippen molar-refractivity contribution in [2.75, 3.05) is 6.61 Å². The van der Waals surface area contributed by atoms with Gasteiger partial charge in [0.15, 0.2) is 0 Å². The molecule has 1 rings (SSSR count). The topological polar surface area (TPSA) is 119 Å². The molecule has 2 unspecified atom stereocenters. The van der Waals surface area contributed by atoms with Crippen molar-refractivity contribution < 1.29 is 20.1 Å². The first-order valence-electron chi connectivity index (χ1n) is 5.19. The second kappa shape index (κ2) is 5.47. The standard InChI is InChI=1S/C9H17N3O4/c1-4(2)9-8(15)6(11-12-10)7(14)5(3-13)16-9/h4-9,13-15H,3H2,1-2H3/t5?,6?,7-,8+,9+/m1/s1. The smallest absolute Gasteiger partial charge is 0.107 e. The largest absolute Gasteiger partial charge is 0.394 e. The van der Waals surface area contributed by atoms with Crippen molar-refractivity contribution in [1.29, 1.82) is 0 Å². The Morgan fingerprint density at radius 1 is 1.38 bits per heavy atom. The third kappa shape index (κ3) is 2.45. The minimum atomic E-state index is -1.19. The summed E-state index contributed by atoms with van der Waals surface area (Å²) in [6.45, 7) is 3.30. The van der Waals surface area contributed by atoms with E-state index in [1.54, 1.807) is 0 Å². The predicted molar refractivity (Wildman–Crippen MR) is 55.5 cm³/mol. The lowest BCUT2D eigenvalue weighted by Gasteiger charge is -2.42. The Labute approximate surface area is 93.3 Å². The first-order valence-corrected chi connectivity index (χ1v) is 5.19. The Morgan fingerprint density at radius 3 is 2.44 bits per heavy atom. The fourth-order valence-electron chi connectivity index (χ4n) is 1.88. The molecule has 16 heavy (non-hydrogen) atoms. The zero-order chi connectivity index (χ0) is 12.3. The van der Waals surface area contributed by atoms with E-state index < -0.39 is 30.5 Å². The van der Waals surface area contributed by atoms with Gasteiger partial charge in [-0.15, -0.1) is 0 Å². The molecule has 0 aliphatic carbocycles. The monoisotopic (exact) mass is 231 g/mol. The molecule has 0 saturated carbocycles. The van der Waals surface area contributed by atoms with E-state index in [0.717, 1.165) is 0 Å². The highest BCUT2D eigenvalue weighted by Crippen LogP contribution is 2.27. The molecule has 0 aromatic heterocycles. The fraction of sp³-hybridized carbons (Fsp3) is 1.00. The van der Waals surface area contributed by atoms with Crippen LogP contribution in [0.2, 0.25) is 0 Å². The van der Waals surface area contributed by atoms with Gasteiger partial charge in [0.05, 0.1) is 31.0 Å². The van der Waals surface area contributed by atoms with Crippen molar-refractivity contribution in [1.82, 2.24) is 0 Å². The molecule has 92 valence electrons. The summed E-state index contributed by atoms with van der Waals surface area (Å²) in [5.41, 5.74) is 8.37. The van der Waals surface area contributed by atoms with Crippen LogP contribution in [-0.2, 0) is 4.74 Å². The van der Waals surface area contributed by atoms with Crippen LogP contribution in [0.5, 0.6) is 0 Å². The molecule has 0 bridgehead atoms. The van der Waals surface area contributed by atoms with E-state index in [1.165, 1.54) is 0 Å². The van der Waals surface area contributed by atoms with Gasteiger partial charge in [-0.2, -0.15) is 0 Å². The molecule has 0 aromatic rings. The van der Waals surface area contributed by atoms with E-state index in [0.29, 0.717) is 0 Å². The van der Waals surface area contributed by atoms with Gasteiger partial charge in [-0.1, -0.05) is 19.0 Å². The number of aliphatic hydroxyl groups is 3. The summed E-state index contributed by atoms with van der Waals surface area (Å²) in [7, 11) is 0. The van der Waals surface area contributed by atoms with Gasteiger partial charge >= 0.3 is 0 Å². The molecule has 1 fully saturated rings. The van der Waals surface area contributed by atoms with Crippen molar-refractivity contribution in [3.8, 4) is 0 Å². The van der Waals surface area contributed by atoms with Gasteiger partial charge in [0.25, 0.3) is 0 Å². The zero-order valence-corrected chi connectivity index (χ0v) is 9.26. The van der Waals surface area contributed by atoms with Crippen LogP contribution >= 0.6 is 0 Å². The molecular formula is C9H17N3O4. The Kier molecular flexibility index (Phi) is 4.52. The highest BCUT2D eigenvalue weighted by molar-refractivity contribution is 4.97. The maximum Gasteiger partial charge on any atom is 0.107 e. The number of hydrogen-bond acceptors (Lipinski definition) is 5. The predicted octanol–water partition coefficient (Wildman–Crippen LogP) is -0.197. The fourth-order valence-corrected chi connectivity index (χ4v) is 1.88. The van der Waals surface area contributed by atoms with E-state index in [1.807, 2.05) is 13.8 Å². The molecule has 5 atom stereocenters. The third-order valence-electron chi connectivity index (χ3n) is 2.77. The molecule has 3 N–H and O–H groups in total. The summed E-state index contributed by atoms with van der Waals surface area (Å²) < 4.78 is 5.36. The third-order valence-corrected chi connectivity index (χ3v) is 2.77. The quantitative estimate of drug-likeness (QED) is 0.354. The van der Waals surface area contributed by atoms with Crippen LogP contribution < -0.4 is 0 Å². The van der Waals surface area contributed by atoms with Crippen LogP contribution in [0.3, 0.4) is 0 Å². The number of rotatable bonds is 3. The minimum absolute atomic E-state index is 0.00653. The van der Waals surface area contributed by atoms with E-state index >= 15 is 0 Å². The second-order valence-electron chi connectivity index (χ2n) is 4.24. The average Bonchev–Trinajstić information content (AvgIpc) is 2.24. The summed E-state index contributed by atoms with van der Waals surface area (Å²) in [6, 6.07) is -0.983. The minimum Gasteiger partial charge on any atom is -0.394 e. The van der Waals surface area contributed by atoms with E-state index in [-0.39, 0.29) is 12.5 Å². The Morgan fingerprint density at radius 2 is 2.00 bits per heavy atom. The number of ether oxygens (including phenoxy) is 1. The second-order valence-corrected chi connectivity index (χ2v) is 4.24. The molecule has 0 radical (unpaired) electrons. The van der Waals surface area contributed by atoms with Crippen LogP contribution in [-0.4, -0.2) is 52.4 Å². The van der Waals surface area contributed by atoms with Gasteiger partial charge in [-0.05, 0) is 11.4 Å². The maximum absolute atomic E-state index is 9.88. The number of hydrogen-bond donors (Lipinski definition) is 3. The summed E-state index contributed by atoms with van der Waals surface area (Å²) in [5.74, 6) is -0.00653. The van der Waals surface area contributed by atoms with E-state index in [4.69, 9.17) is 15.4 Å². The number of nitrogens with zero attached hydrogens (tertiary/aromatic N) is 3. The maximum atomic E-state index is 9.88. The Hall–Kier alpha value is -0.850. The molecule has 1 heterocycles. The zero-order valence-electron chi connectivity index (χ0n) is 9.26. The van der Waals surface area contributed by atoms with Crippen LogP contribution in [0, 0.1) is 5.92 Å². The summed E-state index contributed by atoms with van der Waals surface area (Å²) in [5, 5.41) is 32.0. The molecular weight excluding hydrogens is 214 g/mol. The molecule has 1 aliphatic heterocycles. The van der Waals surface area contributed by atoms with Gasteiger partial charge in [0, 0.05) is 4.91 Å². The normalized spacial score (nSPS) is 39.5. The van der Waals surface area contributed by atoms with Crippen molar-refractivity contribution in [2.45, 2.75) is 44.3 Å². The molecule has 0 spiro atoms. The number of aliphatic hydroxyl groups excluding tert-OH is 3. The van der Waals surface area contributed by atoms with Gasteiger partial charge in [-0.3, -0.25) is 0 Å². The molecule has 1 saturated heterocycles. The van der Waals surface area contributed by atoms with Crippen LogP contribution in [0.4, 0.5) is 0 Å². The lowest BCUT2D eigenvalue weighted by Crippen LogP contribution is -2.58. The SMILES string of the molecule is CC(C)[C@@H]1OC(CO)[C@@H](O)C(N=[N+]=[N-])[C@@H]1O. The van der Waals surface area contributed by atoms with Gasteiger partial charge in [-0.25, -0.2) is 0 Å². The first-order chi connectivity index (χ1) is 7.52. The van der Waals surface area contributed by atoms with Crippen molar-refractivity contribution in [3.63, 3.8) is 0 Å². The van der Waals surface area contributed by atoms with Crippen molar-refractivity contribution in [3.05, 3.63) is 10.4 Å². The highest BCUT2D eigenvalue weighted by atomic mass is 16.5.